The van der Waals surface area contributed by atoms with Gasteiger partial charge in [0, 0.05) is 6.04 Å². The van der Waals surface area contributed by atoms with E-state index in [0.717, 1.165) is 10.7 Å². The molecule has 1 nitrogen and oxygen atoms in total. The van der Waals surface area contributed by atoms with E-state index in [9.17, 15) is 0 Å². The number of hydrogen-bond acceptors (Lipinski definition) is 1. The molecule has 1 aromatic carbocycles. The van der Waals surface area contributed by atoms with Crippen LogP contribution >= 0.6 is 11.6 Å². The number of allylic oxidation sites excluding steroid dienone is 1. The zero-order valence-corrected chi connectivity index (χ0v) is 11.1. The molecule has 92 valence electrons. The highest BCUT2D eigenvalue weighted by molar-refractivity contribution is 6.33. The first kappa shape index (κ1) is 12.5. The Balaban J connectivity index is 2.10. The topological polar surface area (TPSA) is 12.0 Å². The molecule has 0 saturated carbocycles. The second kappa shape index (κ2) is 6.11. The monoisotopic (exact) mass is 249 g/mol. The summed E-state index contributed by atoms with van der Waals surface area (Å²) in [4.78, 5) is 0. The molecule has 0 aromatic heterocycles. The predicted octanol–water partition coefficient (Wildman–Crippen LogP) is 4.95. The van der Waals surface area contributed by atoms with E-state index in [4.69, 9.17) is 11.6 Å². The van der Waals surface area contributed by atoms with Gasteiger partial charge in [-0.05, 0) is 37.8 Å². The van der Waals surface area contributed by atoms with Gasteiger partial charge in [0.15, 0.2) is 0 Å². The smallest absolute Gasteiger partial charge is 0.0640 e. The van der Waals surface area contributed by atoms with Crippen LogP contribution < -0.4 is 5.32 Å². The summed E-state index contributed by atoms with van der Waals surface area (Å²) in [5, 5.41) is 4.39. The van der Waals surface area contributed by atoms with E-state index < -0.39 is 0 Å². The molecule has 0 radical (unpaired) electrons. The number of benzene rings is 1. The van der Waals surface area contributed by atoms with Crippen LogP contribution in [-0.2, 0) is 0 Å². The van der Waals surface area contributed by atoms with Gasteiger partial charge in [-0.2, -0.15) is 0 Å². The van der Waals surface area contributed by atoms with Crippen molar-refractivity contribution >= 4 is 17.3 Å². The minimum Gasteiger partial charge on any atom is -0.377 e. The van der Waals surface area contributed by atoms with Gasteiger partial charge in [0.2, 0.25) is 0 Å². The highest BCUT2D eigenvalue weighted by atomic mass is 35.5. The van der Waals surface area contributed by atoms with E-state index in [1.165, 1.54) is 37.7 Å². The van der Waals surface area contributed by atoms with E-state index >= 15 is 0 Å². The number of hydrogen-bond donors (Lipinski definition) is 1. The normalized spacial score (nSPS) is 22.6. The van der Waals surface area contributed by atoms with Crippen molar-refractivity contribution < 1.29 is 0 Å². The van der Waals surface area contributed by atoms with Gasteiger partial charge in [-0.25, -0.2) is 0 Å². The highest BCUT2D eigenvalue weighted by Crippen LogP contribution is 2.27. The Morgan fingerprint density at radius 2 is 2.12 bits per heavy atom. The van der Waals surface area contributed by atoms with Crippen LogP contribution in [-0.4, -0.2) is 6.04 Å². The Labute approximate surface area is 109 Å². The van der Waals surface area contributed by atoms with Crippen molar-refractivity contribution in [2.24, 2.45) is 0 Å². The molecular formula is C15H20ClN. The summed E-state index contributed by atoms with van der Waals surface area (Å²) in [7, 11) is 0. The van der Waals surface area contributed by atoms with Crippen LogP contribution in [0.5, 0.6) is 0 Å². The van der Waals surface area contributed by atoms with E-state index in [2.05, 4.69) is 30.5 Å². The van der Waals surface area contributed by atoms with Crippen LogP contribution in [0.1, 0.15) is 37.7 Å². The lowest BCUT2D eigenvalue weighted by atomic mass is 10.0. The van der Waals surface area contributed by atoms with E-state index in [0.29, 0.717) is 6.04 Å². The molecule has 1 aromatic rings. The maximum absolute atomic E-state index is 6.24. The molecule has 0 bridgehead atoms. The van der Waals surface area contributed by atoms with Crippen LogP contribution in [0.25, 0.3) is 0 Å². The molecule has 2 rings (SSSR count). The van der Waals surface area contributed by atoms with Gasteiger partial charge in [0.05, 0.1) is 10.7 Å². The van der Waals surface area contributed by atoms with Gasteiger partial charge >= 0.3 is 0 Å². The summed E-state index contributed by atoms with van der Waals surface area (Å²) in [5.74, 6) is 0. The third kappa shape index (κ3) is 3.50. The molecule has 0 heterocycles. The molecular weight excluding hydrogens is 230 g/mol. The number of halogens is 1. The summed E-state index contributed by atoms with van der Waals surface area (Å²) in [6.45, 7) is 2.10. The van der Waals surface area contributed by atoms with Crippen molar-refractivity contribution in [3.05, 3.63) is 40.9 Å². The zero-order chi connectivity index (χ0) is 12.1. The lowest BCUT2D eigenvalue weighted by Gasteiger charge is -2.20. The first-order chi connectivity index (χ1) is 8.27. The average Bonchev–Trinajstić information content (AvgIpc) is 2.26. The minimum absolute atomic E-state index is 0.425. The third-order valence-electron chi connectivity index (χ3n) is 3.31. The van der Waals surface area contributed by atoms with Crippen LogP contribution in [0.2, 0.25) is 5.02 Å². The first-order valence-electron chi connectivity index (χ1n) is 6.45. The Morgan fingerprint density at radius 1 is 1.24 bits per heavy atom. The average molecular weight is 250 g/mol. The summed E-state index contributed by atoms with van der Waals surface area (Å²) in [6.07, 6.45) is 11.0. The Bertz CT molecular complexity index is 378. The van der Waals surface area contributed by atoms with Crippen molar-refractivity contribution in [2.75, 3.05) is 5.32 Å². The molecule has 0 spiro atoms. The molecule has 1 atom stereocenters. The summed E-state index contributed by atoms with van der Waals surface area (Å²) < 4.78 is 0. The number of aryl methyl sites for hydroxylation is 1. The Hall–Kier alpha value is -0.950. The molecule has 0 amide bonds. The third-order valence-corrected chi connectivity index (χ3v) is 3.62. The summed E-state index contributed by atoms with van der Waals surface area (Å²) in [5.41, 5.74) is 2.30. The molecule has 0 aliphatic heterocycles. The fourth-order valence-electron chi connectivity index (χ4n) is 2.28. The largest absolute Gasteiger partial charge is 0.377 e. The van der Waals surface area contributed by atoms with Crippen molar-refractivity contribution in [2.45, 2.75) is 45.1 Å². The van der Waals surface area contributed by atoms with Crippen LogP contribution in [0.4, 0.5) is 5.69 Å². The van der Waals surface area contributed by atoms with Gasteiger partial charge < -0.3 is 5.32 Å². The van der Waals surface area contributed by atoms with Gasteiger partial charge in [-0.1, -0.05) is 48.7 Å². The van der Waals surface area contributed by atoms with Crippen LogP contribution in [0, 0.1) is 6.92 Å². The molecule has 1 unspecified atom stereocenters. The highest BCUT2D eigenvalue weighted by Gasteiger charge is 2.10. The number of rotatable bonds is 2. The quantitative estimate of drug-likeness (QED) is 0.732. The molecule has 2 heteroatoms. The Morgan fingerprint density at radius 3 is 2.94 bits per heavy atom. The first-order valence-corrected chi connectivity index (χ1v) is 6.83. The number of para-hydroxylation sites is 1. The van der Waals surface area contributed by atoms with Gasteiger partial charge in [-0.15, -0.1) is 0 Å². The SMILES string of the molecule is Cc1cccc(Cl)c1NC1/C=C/CCCCC1. The van der Waals surface area contributed by atoms with Gasteiger partial charge in [0.25, 0.3) is 0 Å². The van der Waals surface area contributed by atoms with E-state index in [1.807, 2.05) is 12.1 Å². The van der Waals surface area contributed by atoms with Crippen molar-refractivity contribution in [3.8, 4) is 0 Å². The van der Waals surface area contributed by atoms with Gasteiger partial charge in [0.1, 0.15) is 0 Å². The molecule has 1 aliphatic rings. The molecule has 0 fully saturated rings. The molecule has 17 heavy (non-hydrogen) atoms. The molecule has 0 saturated heterocycles. The predicted molar refractivity (Wildman–Crippen MR) is 75.8 cm³/mol. The Kier molecular flexibility index (Phi) is 4.49. The van der Waals surface area contributed by atoms with Crippen LogP contribution in [0.15, 0.2) is 30.4 Å². The lowest BCUT2D eigenvalue weighted by Crippen LogP contribution is -2.18. The number of nitrogens with one attached hydrogen (secondary N) is 1. The standard InChI is InChI=1S/C15H20ClN/c1-12-8-7-11-14(16)15(12)17-13-9-5-3-2-4-6-10-13/h5,7-9,11,13,17H,2-4,6,10H2,1H3/b9-5+. The van der Waals surface area contributed by atoms with E-state index in [1.54, 1.807) is 0 Å². The fraction of sp³-hybridized carbons (Fsp3) is 0.467. The van der Waals surface area contributed by atoms with Crippen molar-refractivity contribution in [1.82, 2.24) is 0 Å². The molecule has 1 aliphatic carbocycles. The summed E-state index contributed by atoms with van der Waals surface area (Å²) >= 11 is 6.24. The van der Waals surface area contributed by atoms with E-state index in [-0.39, 0.29) is 0 Å². The lowest BCUT2D eigenvalue weighted by molar-refractivity contribution is 0.610. The second-order valence-electron chi connectivity index (χ2n) is 4.75. The number of anilines is 1. The maximum Gasteiger partial charge on any atom is 0.0640 e. The summed E-state index contributed by atoms with van der Waals surface area (Å²) in [6, 6.07) is 6.47. The zero-order valence-electron chi connectivity index (χ0n) is 10.4. The van der Waals surface area contributed by atoms with Gasteiger partial charge in [-0.3, -0.25) is 0 Å². The second-order valence-corrected chi connectivity index (χ2v) is 5.16. The minimum atomic E-state index is 0.425. The maximum atomic E-state index is 6.24. The van der Waals surface area contributed by atoms with Crippen molar-refractivity contribution in [3.63, 3.8) is 0 Å². The van der Waals surface area contributed by atoms with Crippen molar-refractivity contribution in [1.29, 1.82) is 0 Å². The fourth-order valence-corrected chi connectivity index (χ4v) is 2.56. The molecule has 1 N–H and O–H groups in total. The van der Waals surface area contributed by atoms with Crippen LogP contribution in [0.3, 0.4) is 0 Å².